The smallest absolute Gasteiger partial charge is 0.362 e. The van der Waals surface area contributed by atoms with E-state index in [0.29, 0.717) is 19.3 Å². The number of carboxylic acids is 1. The molecular weight excluding hydrogens is 775 g/mol. The van der Waals surface area contributed by atoms with Gasteiger partial charge in [0.05, 0.1) is 34.4 Å². The molecule has 358 valence electrons. The Kier molecular flexibility index (Phi) is 42.5. The molecule has 0 aliphatic carbocycles. The van der Waals surface area contributed by atoms with Crippen molar-refractivity contribution < 1.29 is 38.2 Å². The molecule has 0 rings (SSSR count). The van der Waals surface area contributed by atoms with Gasteiger partial charge in [-0.3, -0.25) is 9.59 Å². The highest BCUT2D eigenvalue weighted by molar-refractivity contribution is 5.72. The summed E-state index contributed by atoms with van der Waals surface area (Å²) < 4.78 is 17.3. The molecule has 0 aromatic heterocycles. The first-order valence-corrected chi connectivity index (χ1v) is 25.3. The highest BCUT2D eigenvalue weighted by atomic mass is 16.6. The maximum atomic E-state index is 12.8. The Balaban J connectivity index is 4.28. The molecule has 0 saturated carbocycles. The topological polar surface area (TPSA) is 99.1 Å². The molecule has 2 atom stereocenters. The van der Waals surface area contributed by atoms with Gasteiger partial charge in [0.2, 0.25) is 0 Å². The average molecular weight is 871 g/mol. The number of aliphatic carboxylic acids is 1. The zero-order valence-corrected chi connectivity index (χ0v) is 40.8. The summed E-state index contributed by atoms with van der Waals surface area (Å²) in [5.41, 5.74) is 0. The van der Waals surface area contributed by atoms with Crippen molar-refractivity contribution in [3.63, 3.8) is 0 Å². The second kappa shape index (κ2) is 44.6. The third-order valence-electron chi connectivity index (χ3n) is 11.2. The fourth-order valence-electron chi connectivity index (χ4n) is 7.25. The van der Waals surface area contributed by atoms with Crippen molar-refractivity contribution in [1.82, 2.24) is 0 Å². The number of esters is 2. The van der Waals surface area contributed by atoms with Gasteiger partial charge >= 0.3 is 17.9 Å². The second-order valence-corrected chi connectivity index (χ2v) is 18.0. The van der Waals surface area contributed by atoms with E-state index >= 15 is 0 Å². The van der Waals surface area contributed by atoms with Crippen LogP contribution in [-0.2, 0) is 28.6 Å². The van der Waals surface area contributed by atoms with Crippen LogP contribution in [0.4, 0.5) is 0 Å². The zero-order valence-electron chi connectivity index (χ0n) is 40.8. The SMILES string of the molecule is CC/C=C/C/C=C/C/C=C/CCCCCCCCC(=O)OCC(COCCC(C(=O)O)[N+](C)(C)C)OC(=O)CCCCCCCCC/C=C/C/C=C/CCCCCCCCCC. The van der Waals surface area contributed by atoms with Gasteiger partial charge in [0, 0.05) is 19.3 Å². The average Bonchev–Trinajstić information content (AvgIpc) is 3.23. The molecule has 0 aliphatic rings. The fraction of sp³-hybridized carbons (Fsp3) is 0.759. The molecule has 2 unspecified atom stereocenters. The number of allylic oxidation sites excluding steroid dienone is 10. The van der Waals surface area contributed by atoms with Crippen LogP contribution in [0.1, 0.15) is 213 Å². The van der Waals surface area contributed by atoms with Crippen molar-refractivity contribution in [3.05, 3.63) is 60.8 Å². The first kappa shape index (κ1) is 59.0. The van der Waals surface area contributed by atoms with E-state index in [-0.39, 0.29) is 36.2 Å². The maximum Gasteiger partial charge on any atom is 0.362 e. The summed E-state index contributed by atoms with van der Waals surface area (Å²) in [4.78, 5) is 37.1. The van der Waals surface area contributed by atoms with Crippen molar-refractivity contribution in [2.24, 2.45) is 0 Å². The molecule has 8 heteroatoms. The van der Waals surface area contributed by atoms with Gasteiger partial charge in [-0.05, 0) is 77.0 Å². The van der Waals surface area contributed by atoms with Gasteiger partial charge in [-0.1, -0.05) is 177 Å². The number of unbranched alkanes of at least 4 members (excludes halogenated alkanes) is 21. The highest BCUT2D eigenvalue weighted by Crippen LogP contribution is 2.14. The van der Waals surface area contributed by atoms with Gasteiger partial charge in [-0.25, -0.2) is 4.79 Å². The maximum absolute atomic E-state index is 12.8. The number of hydrogen-bond donors (Lipinski definition) is 1. The summed E-state index contributed by atoms with van der Waals surface area (Å²) in [6, 6.07) is -0.621. The number of carboxylic acid groups (broad SMARTS) is 1. The molecule has 62 heavy (non-hydrogen) atoms. The lowest BCUT2D eigenvalue weighted by molar-refractivity contribution is -0.887. The Labute approximate surface area is 381 Å². The fourth-order valence-corrected chi connectivity index (χ4v) is 7.25. The van der Waals surface area contributed by atoms with Gasteiger partial charge in [0.25, 0.3) is 0 Å². The largest absolute Gasteiger partial charge is 0.477 e. The van der Waals surface area contributed by atoms with Gasteiger partial charge in [0.1, 0.15) is 6.61 Å². The monoisotopic (exact) mass is 871 g/mol. The van der Waals surface area contributed by atoms with Crippen molar-refractivity contribution in [1.29, 1.82) is 0 Å². The number of nitrogens with zero attached hydrogens (tertiary/aromatic N) is 1. The summed E-state index contributed by atoms with van der Waals surface area (Å²) in [6.07, 6.45) is 55.5. The van der Waals surface area contributed by atoms with E-state index in [0.717, 1.165) is 83.5 Å². The van der Waals surface area contributed by atoms with E-state index in [4.69, 9.17) is 14.2 Å². The van der Waals surface area contributed by atoms with Crippen LogP contribution in [0.3, 0.4) is 0 Å². The molecule has 0 aliphatic heterocycles. The zero-order chi connectivity index (χ0) is 45.6. The molecule has 0 amide bonds. The molecule has 0 fully saturated rings. The highest BCUT2D eigenvalue weighted by Gasteiger charge is 2.31. The molecule has 0 bridgehead atoms. The van der Waals surface area contributed by atoms with Crippen molar-refractivity contribution in [2.75, 3.05) is 41.0 Å². The van der Waals surface area contributed by atoms with E-state index in [1.807, 2.05) is 21.1 Å². The first-order valence-electron chi connectivity index (χ1n) is 25.3. The van der Waals surface area contributed by atoms with E-state index in [1.54, 1.807) is 0 Å². The first-order chi connectivity index (χ1) is 30.1. The van der Waals surface area contributed by atoms with Crippen molar-refractivity contribution in [2.45, 2.75) is 225 Å². The van der Waals surface area contributed by atoms with Gasteiger partial charge in [0.15, 0.2) is 12.1 Å². The molecular formula is C54H96NO7+. The Hall–Kier alpha value is -2.97. The summed E-state index contributed by atoms with van der Waals surface area (Å²) in [5.74, 6) is -1.49. The van der Waals surface area contributed by atoms with E-state index < -0.39 is 18.1 Å². The predicted molar refractivity (Wildman–Crippen MR) is 261 cm³/mol. The van der Waals surface area contributed by atoms with Gasteiger partial charge in [-0.2, -0.15) is 0 Å². The predicted octanol–water partition coefficient (Wildman–Crippen LogP) is 14.5. The summed E-state index contributed by atoms with van der Waals surface area (Å²) in [6.45, 7) is 4.61. The lowest BCUT2D eigenvalue weighted by atomic mass is 10.1. The third-order valence-corrected chi connectivity index (χ3v) is 11.2. The van der Waals surface area contributed by atoms with E-state index in [1.165, 1.54) is 96.3 Å². The molecule has 0 spiro atoms. The lowest BCUT2D eigenvalue weighted by Gasteiger charge is -2.31. The minimum atomic E-state index is -0.879. The molecule has 0 aromatic rings. The molecule has 1 N–H and O–H groups in total. The van der Waals surface area contributed by atoms with Crippen LogP contribution in [0.15, 0.2) is 60.8 Å². The number of hydrogen-bond acceptors (Lipinski definition) is 6. The quantitative estimate of drug-likeness (QED) is 0.0282. The van der Waals surface area contributed by atoms with Crippen LogP contribution in [0.2, 0.25) is 0 Å². The van der Waals surface area contributed by atoms with Crippen LogP contribution in [0.25, 0.3) is 0 Å². The Morgan fingerprint density at radius 1 is 0.500 bits per heavy atom. The molecule has 0 radical (unpaired) electrons. The molecule has 0 heterocycles. The van der Waals surface area contributed by atoms with Crippen molar-refractivity contribution in [3.8, 4) is 0 Å². The van der Waals surface area contributed by atoms with Gasteiger partial charge in [-0.15, -0.1) is 0 Å². The number of carbonyl (C=O) groups is 3. The van der Waals surface area contributed by atoms with E-state index in [2.05, 4.69) is 74.6 Å². The summed E-state index contributed by atoms with van der Waals surface area (Å²) >= 11 is 0. The van der Waals surface area contributed by atoms with Crippen LogP contribution in [-0.4, -0.2) is 80.6 Å². The number of ether oxygens (including phenoxy) is 3. The molecule has 0 aromatic carbocycles. The lowest BCUT2D eigenvalue weighted by Crippen LogP contribution is -2.50. The van der Waals surface area contributed by atoms with E-state index in [9.17, 15) is 19.5 Å². The van der Waals surface area contributed by atoms with Crippen LogP contribution in [0, 0.1) is 0 Å². The number of rotatable bonds is 45. The van der Waals surface area contributed by atoms with Crippen LogP contribution >= 0.6 is 0 Å². The number of quaternary nitrogens is 1. The summed E-state index contributed by atoms with van der Waals surface area (Å²) in [7, 11) is 5.52. The number of carbonyl (C=O) groups excluding carboxylic acids is 2. The number of likely N-dealkylation sites (N-methyl/N-ethyl adjacent to an activating group) is 1. The third kappa shape index (κ3) is 42.3. The molecule has 8 nitrogen and oxygen atoms in total. The standard InChI is InChI=1S/C54H95NO7/c1-6-8-10-12-14-16-18-20-22-24-25-26-27-28-29-31-33-35-37-39-41-43-45-53(57)62-50(48-60-47-46-51(54(58)59)55(3,4)5)49-61-52(56)44-42-40-38-36-34-32-30-23-21-19-17-15-13-11-9-7-2/h9,11,15,17,21,23-25,27-28,50-51H,6-8,10,12-14,16,18-20,22,26,29-49H2,1-5H3/p+1/b11-9+,17-15+,23-21+,25-24+,28-27+. The Morgan fingerprint density at radius 3 is 1.34 bits per heavy atom. The second-order valence-electron chi connectivity index (χ2n) is 18.0. The summed E-state index contributed by atoms with van der Waals surface area (Å²) in [5, 5.41) is 9.65. The normalized spacial score (nSPS) is 13.4. The Morgan fingerprint density at radius 2 is 0.903 bits per heavy atom. The Bertz CT molecular complexity index is 1200. The van der Waals surface area contributed by atoms with Crippen LogP contribution < -0.4 is 0 Å². The van der Waals surface area contributed by atoms with Crippen LogP contribution in [0.5, 0.6) is 0 Å². The van der Waals surface area contributed by atoms with Gasteiger partial charge < -0.3 is 23.8 Å². The minimum absolute atomic E-state index is 0.0519. The molecule has 0 saturated heterocycles. The van der Waals surface area contributed by atoms with Crippen molar-refractivity contribution >= 4 is 17.9 Å². The minimum Gasteiger partial charge on any atom is -0.477 e.